The zero-order valence-electron chi connectivity index (χ0n) is 35.2. The number of carboxylic acid groups (broad SMARTS) is 1. The Balaban J connectivity index is 2.31. The summed E-state index contributed by atoms with van der Waals surface area (Å²) in [4.78, 5) is 90.0. The van der Waals surface area contributed by atoms with Crippen LogP contribution in [0.4, 0.5) is 9.59 Å². The molecule has 0 radical (unpaired) electrons. The van der Waals surface area contributed by atoms with Gasteiger partial charge < -0.3 is 46.5 Å². The van der Waals surface area contributed by atoms with Crippen LogP contribution in [-0.2, 0) is 35.1 Å². The van der Waals surface area contributed by atoms with Crippen LogP contribution in [0.3, 0.4) is 0 Å². The molecule has 0 aromatic heterocycles. The Kier molecular flexibility index (Phi) is 19.2. The summed E-state index contributed by atoms with van der Waals surface area (Å²) in [6, 6.07) is 10.0. The summed E-state index contributed by atoms with van der Waals surface area (Å²) >= 11 is 0. The summed E-state index contributed by atoms with van der Waals surface area (Å²) in [5, 5.41) is 24.6. The smallest absolute Gasteiger partial charge is 0.407 e. The van der Waals surface area contributed by atoms with E-state index in [0.717, 1.165) is 30.4 Å². The van der Waals surface area contributed by atoms with Crippen molar-refractivity contribution in [2.45, 2.75) is 136 Å². The van der Waals surface area contributed by atoms with Crippen LogP contribution in [0.5, 0.6) is 0 Å². The van der Waals surface area contributed by atoms with Crippen LogP contribution in [-0.4, -0.2) is 95.4 Å². The Bertz CT molecular complexity index is 1700. The highest BCUT2D eigenvalue weighted by atomic mass is 16.6. The van der Waals surface area contributed by atoms with Crippen LogP contribution in [0.1, 0.15) is 110 Å². The van der Waals surface area contributed by atoms with Crippen LogP contribution in [0.15, 0.2) is 48.5 Å². The van der Waals surface area contributed by atoms with E-state index in [0.29, 0.717) is 0 Å². The number of unbranched alkanes of at least 4 members (excludes halogenated alkanes) is 1. The minimum atomic E-state index is -1.36. The van der Waals surface area contributed by atoms with Crippen molar-refractivity contribution in [1.29, 1.82) is 0 Å². The largest absolute Gasteiger partial charge is 0.480 e. The van der Waals surface area contributed by atoms with Gasteiger partial charge in [0.25, 0.3) is 5.91 Å². The van der Waals surface area contributed by atoms with Gasteiger partial charge in [-0.2, -0.15) is 0 Å². The van der Waals surface area contributed by atoms with Crippen LogP contribution >= 0.6 is 0 Å². The second-order valence-corrected chi connectivity index (χ2v) is 15.9. The number of carbonyl (C=O) groups is 7. The predicted molar refractivity (Wildman–Crippen MR) is 219 cm³/mol. The first-order valence-electron chi connectivity index (χ1n) is 19.7. The highest BCUT2D eigenvalue weighted by Crippen LogP contribution is 2.21. The molecule has 2 aromatic carbocycles. The number of rotatable bonds is 20. The maximum absolute atomic E-state index is 13.9. The van der Waals surface area contributed by atoms with Crippen LogP contribution in [0.25, 0.3) is 11.1 Å². The Morgan fingerprint density at radius 3 is 1.52 bits per heavy atom. The zero-order valence-corrected chi connectivity index (χ0v) is 35.2. The number of hydrogen-bond donors (Lipinski definition) is 7. The van der Waals surface area contributed by atoms with Gasteiger partial charge >= 0.3 is 18.2 Å². The molecule has 0 aliphatic carbocycles. The third-order valence-electron chi connectivity index (χ3n) is 8.49. The second kappa shape index (κ2) is 22.9. The molecule has 0 fully saturated rings. The zero-order chi connectivity index (χ0) is 43.6. The molecule has 0 spiro atoms. The maximum atomic E-state index is 13.9. The van der Waals surface area contributed by atoms with E-state index < -0.39 is 77.2 Å². The van der Waals surface area contributed by atoms with E-state index in [2.05, 4.69) is 51.0 Å². The number of carbonyl (C=O) groups excluding carboxylic acids is 6. The topological polar surface area (TPSA) is 230 Å². The molecular formula is C42H62N6O10. The lowest BCUT2D eigenvalue weighted by Crippen LogP contribution is -2.57. The van der Waals surface area contributed by atoms with Crippen molar-refractivity contribution in [3.8, 4) is 11.1 Å². The van der Waals surface area contributed by atoms with Gasteiger partial charge in [-0.05, 0) is 109 Å². The van der Waals surface area contributed by atoms with Crippen LogP contribution in [0, 0.1) is 0 Å². The van der Waals surface area contributed by atoms with Gasteiger partial charge in [-0.3, -0.25) is 19.2 Å². The lowest BCUT2D eigenvalue weighted by atomic mass is 10.0. The van der Waals surface area contributed by atoms with Gasteiger partial charge in [-0.15, -0.1) is 0 Å². The van der Waals surface area contributed by atoms with Gasteiger partial charge in [-0.1, -0.05) is 56.7 Å². The standard InChI is InChI=1S/C42H62N6O10/c1-10-12-13-27-14-16-28(17-15-27)29-18-20-30(21-19-29)35(50)47-33(23-25-44-40(56)58-42(7,8)9)37(52)48-32(22-24-43-39(55)57-41(4,5)6)36(51)45-26(3)34(49)46-31(11-2)38(53)54/h14-21,26,31-33H,10-13,22-25H2,1-9H3,(H,43,55)(H,44,56)(H,45,51)(H,46,49)(H,47,50)(H,48,52)(H,53,54)/t26-,31-,32-,33-/m0/s1. The fourth-order valence-electron chi connectivity index (χ4n) is 5.39. The molecule has 4 atom stereocenters. The van der Waals surface area contributed by atoms with Crippen molar-refractivity contribution < 1.29 is 48.1 Å². The number of aliphatic carboxylic acids is 1. The number of nitrogens with one attached hydrogen (secondary N) is 6. The van der Waals surface area contributed by atoms with Gasteiger partial charge in [0.2, 0.25) is 17.7 Å². The average Bonchev–Trinajstić information content (AvgIpc) is 3.13. The molecule has 0 saturated heterocycles. The van der Waals surface area contributed by atoms with Gasteiger partial charge in [-0.25, -0.2) is 14.4 Å². The van der Waals surface area contributed by atoms with E-state index in [9.17, 15) is 38.7 Å². The first kappa shape index (κ1) is 48.5. The molecule has 16 nitrogen and oxygen atoms in total. The number of aryl methyl sites for hydroxylation is 1. The van der Waals surface area contributed by atoms with E-state index in [4.69, 9.17) is 9.47 Å². The molecule has 0 aliphatic rings. The first-order valence-corrected chi connectivity index (χ1v) is 19.7. The molecule has 2 aromatic rings. The summed E-state index contributed by atoms with van der Waals surface area (Å²) < 4.78 is 10.6. The molecule has 0 unspecified atom stereocenters. The SMILES string of the molecule is CCCCc1ccc(-c2ccc(C(=O)N[C@@H](CCNC(=O)OC(C)(C)C)C(=O)N[C@@H](CCNC(=O)OC(C)(C)C)C(=O)N[C@@H](C)C(=O)N[C@@H](CC)C(=O)O)cc2)cc1. The van der Waals surface area contributed by atoms with Crippen LogP contribution in [0.2, 0.25) is 0 Å². The molecule has 0 saturated carbocycles. The minimum absolute atomic E-state index is 0.100. The average molecular weight is 811 g/mol. The fraction of sp³-hybridized carbons (Fsp3) is 0.548. The minimum Gasteiger partial charge on any atom is -0.480 e. The van der Waals surface area contributed by atoms with Crippen molar-refractivity contribution in [1.82, 2.24) is 31.9 Å². The Hall–Kier alpha value is -5.67. The van der Waals surface area contributed by atoms with E-state index in [1.807, 2.05) is 12.1 Å². The third-order valence-corrected chi connectivity index (χ3v) is 8.49. The highest BCUT2D eigenvalue weighted by Gasteiger charge is 2.30. The van der Waals surface area contributed by atoms with Crippen LogP contribution < -0.4 is 31.9 Å². The second-order valence-electron chi connectivity index (χ2n) is 15.9. The van der Waals surface area contributed by atoms with E-state index in [1.165, 1.54) is 12.5 Å². The number of benzene rings is 2. The molecule has 320 valence electrons. The van der Waals surface area contributed by atoms with Gasteiger partial charge in [0.15, 0.2) is 0 Å². The van der Waals surface area contributed by atoms with Gasteiger partial charge in [0, 0.05) is 18.7 Å². The number of amides is 6. The van der Waals surface area contributed by atoms with Crippen molar-refractivity contribution in [2.24, 2.45) is 0 Å². The summed E-state index contributed by atoms with van der Waals surface area (Å²) in [6.45, 7) is 14.9. The normalized spacial score (nSPS) is 13.4. The first-order chi connectivity index (χ1) is 27.1. The Morgan fingerprint density at radius 1 is 0.621 bits per heavy atom. The quantitative estimate of drug-likeness (QED) is 0.0984. The number of hydrogen-bond acceptors (Lipinski definition) is 9. The lowest BCUT2D eigenvalue weighted by Gasteiger charge is -2.25. The van der Waals surface area contributed by atoms with Gasteiger partial charge in [0.05, 0.1) is 0 Å². The molecule has 6 amide bonds. The van der Waals surface area contributed by atoms with Crippen molar-refractivity contribution in [3.63, 3.8) is 0 Å². The van der Waals surface area contributed by atoms with Crippen molar-refractivity contribution in [3.05, 3.63) is 59.7 Å². The van der Waals surface area contributed by atoms with Gasteiger partial charge in [0.1, 0.15) is 35.4 Å². The third kappa shape index (κ3) is 18.1. The highest BCUT2D eigenvalue weighted by molar-refractivity contribution is 5.99. The predicted octanol–water partition coefficient (Wildman–Crippen LogP) is 4.59. The molecule has 0 aliphatic heterocycles. The lowest BCUT2D eigenvalue weighted by molar-refractivity contribution is -0.142. The van der Waals surface area contributed by atoms with E-state index >= 15 is 0 Å². The number of alkyl carbamates (subject to hydrolysis) is 2. The molecule has 58 heavy (non-hydrogen) atoms. The molecule has 16 heteroatoms. The molecular weight excluding hydrogens is 748 g/mol. The summed E-state index contributed by atoms with van der Waals surface area (Å²) in [6.07, 6.45) is 1.52. The fourth-order valence-corrected chi connectivity index (χ4v) is 5.39. The Labute approximate surface area is 341 Å². The summed E-state index contributed by atoms with van der Waals surface area (Å²) in [5.74, 6) is -4.24. The monoisotopic (exact) mass is 810 g/mol. The molecule has 7 N–H and O–H groups in total. The Morgan fingerprint density at radius 2 is 1.07 bits per heavy atom. The van der Waals surface area contributed by atoms with E-state index in [-0.39, 0.29) is 37.9 Å². The van der Waals surface area contributed by atoms with Crippen molar-refractivity contribution >= 4 is 41.8 Å². The van der Waals surface area contributed by atoms with Crippen molar-refractivity contribution in [2.75, 3.05) is 13.1 Å². The molecule has 0 heterocycles. The molecule has 2 rings (SSSR count). The summed E-state index contributed by atoms with van der Waals surface area (Å²) in [7, 11) is 0. The maximum Gasteiger partial charge on any atom is 0.407 e. The van der Waals surface area contributed by atoms with E-state index in [1.54, 1.807) is 72.7 Å². The summed E-state index contributed by atoms with van der Waals surface area (Å²) in [5.41, 5.74) is 1.77. The number of ether oxygens (including phenoxy) is 2. The number of carboxylic acids is 1. The molecule has 0 bridgehead atoms.